The van der Waals surface area contributed by atoms with E-state index in [0.29, 0.717) is 12.1 Å². The van der Waals surface area contributed by atoms with Gasteiger partial charge in [0.2, 0.25) is 0 Å². The molecule has 2 aromatic rings. The number of nitrogens with two attached hydrogens (primary N) is 1. The smallest absolute Gasteiger partial charge is 0.326 e. The summed E-state index contributed by atoms with van der Waals surface area (Å²) in [4.78, 5) is 3.30. The van der Waals surface area contributed by atoms with Gasteiger partial charge in [0.25, 0.3) is 0 Å². The number of aromatic nitrogens is 3. The van der Waals surface area contributed by atoms with Crippen LogP contribution in [0, 0.1) is 0 Å². The van der Waals surface area contributed by atoms with Crippen molar-refractivity contribution < 1.29 is 13.2 Å². The van der Waals surface area contributed by atoms with Gasteiger partial charge in [-0.15, -0.1) is 0 Å². The van der Waals surface area contributed by atoms with Crippen LogP contribution in [-0.4, -0.2) is 14.8 Å². The van der Waals surface area contributed by atoms with Gasteiger partial charge in [0.05, 0.1) is 12.7 Å². The molecular weight excluding hydrogens is 245 g/mol. The van der Waals surface area contributed by atoms with Gasteiger partial charge < -0.3 is 5.73 Å². The largest absolute Gasteiger partial charge is 0.433 e. The minimum atomic E-state index is -4.43. The summed E-state index contributed by atoms with van der Waals surface area (Å²) >= 11 is 0. The monoisotopic (exact) mass is 256 g/mol. The van der Waals surface area contributed by atoms with Gasteiger partial charge in [-0.25, -0.2) is 0 Å². The summed E-state index contributed by atoms with van der Waals surface area (Å²) < 4.78 is 38.9. The normalized spacial score (nSPS) is 11.8. The first-order valence-electron chi connectivity index (χ1n) is 5.22. The minimum Gasteiger partial charge on any atom is -0.326 e. The Morgan fingerprint density at radius 1 is 1.28 bits per heavy atom. The van der Waals surface area contributed by atoms with Crippen molar-refractivity contribution >= 4 is 0 Å². The molecule has 0 amide bonds. The molecule has 2 aromatic heterocycles. The zero-order valence-corrected chi connectivity index (χ0v) is 9.35. The Labute approximate surface area is 101 Å². The van der Waals surface area contributed by atoms with Crippen molar-refractivity contribution in [2.45, 2.75) is 19.3 Å². The second kappa shape index (κ2) is 4.77. The van der Waals surface area contributed by atoms with E-state index in [2.05, 4.69) is 10.1 Å². The van der Waals surface area contributed by atoms with Crippen molar-refractivity contribution in [2.24, 2.45) is 5.73 Å². The number of hydrogen-bond acceptors (Lipinski definition) is 3. The van der Waals surface area contributed by atoms with Crippen LogP contribution in [0.5, 0.6) is 0 Å². The Bertz CT molecular complexity index is 533. The van der Waals surface area contributed by atoms with E-state index in [0.717, 1.165) is 17.8 Å². The fourth-order valence-corrected chi connectivity index (χ4v) is 1.51. The van der Waals surface area contributed by atoms with E-state index in [1.807, 2.05) is 0 Å². The lowest BCUT2D eigenvalue weighted by molar-refractivity contribution is -0.141. The van der Waals surface area contributed by atoms with E-state index in [4.69, 9.17) is 5.73 Å². The quantitative estimate of drug-likeness (QED) is 0.911. The van der Waals surface area contributed by atoms with Crippen LogP contribution in [0.2, 0.25) is 0 Å². The van der Waals surface area contributed by atoms with Crippen LogP contribution in [0.25, 0.3) is 0 Å². The lowest BCUT2D eigenvalue weighted by Crippen LogP contribution is -2.09. The second-order valence-electron chi connectivity index (χ2n) is 3.80. The van der Waals surface area contributed by atoms with Crippen molar-refractivity contribution in [3.8, 4) is 0 Å². The summed E-state index contributed by atoms with van der Waals surface area (Å²) in [6.45, 7) is 0.607. The maximum absolute atomic E-state index is 12.5. The summed E-state index contributed by atoms with van der Waals surface area (Å²) in [5.41, 5.74) is 5.85. The van der Waals surface area contributed by atoms with E-state index >= 15 is 0 Å². The molecular formula is C11H11F3N4. The fraction of sp³-hybridized carbons (Fsp3) is 0.273. The predicted molar refractivity (Wildman–Crippen MR) is 58.5 cm³/mol. The summed E-state index contributed by atoms with van der Waals surface area (Å²) in [6, 6.07) is 2.54. The Balaban J connectivity index is 2.19. The third kappa shape index (κ3) is 2.86. The Kier molecular flexibility index (Phi) is 3.33. The van der Waals surface area contributed by atoms with Gasteiger partial charge in [-0.05, 0) is 17.7 Å². The molecule has 0 aliphatic carbocycles. The van der Waals surface area contributed by atoms with Crippen LogP contribution in [0.3, 0.4) is 0 Å². The van der Waals surface area contributed by atoms with Crippen LogP contribution in [-0.2, 0) is 19.3 Å². The van der Waals surface area contributed by atoms with Crippen LogP contribution in [0.15, 0.2) is 30.7 Å². The molecule has 0 bridgehead atoms. The maximum atomic E-state index is 12.5. The first kappa shape index (κ1) is 12.6. The van der Waals surface area contributed by atoms with Crippen LogP contribution in [0.4, 0.5) is 13.2 Å². The minimum absolute atomic E-state index is 0.256. The van der Waals surface area contributed by atoms with Gasteiger partial charge in [-0.2, -0.15) is 18.3 Å². The standard InChI is InChI=1S/C11H11F3N4/c12-11(13,14)10-3-8(1-2-16-10)6-18-7-9(4-15)5-17-18/h1-3,5,7H,4,6,15H2. The van der Waals surface area contributed by atoms with Gasteiger partial charge in [0.15, 0.2) is 0 Å². The van der Waals surface area contributed by atoms with Gasteiger partial charge in [-0.1, -0.05) is 0 Å². The highest BCUT2D eigenvalue weighted by Gasteiger charge is 2.32. The molecule has 2 rings (SSSR count). The Hall–Kier alpha value is -1.89. The molecule has 0 aliphatic heterocycles. The van der Waals surface area contributed by atoms with Crippen molar-refractivity contribution in [3.63, 3.8) is 0 Å². The van der Waals surface area contributed by atoms with Gasteiger partial charge in [0.1, 0.15) is 5.69 Å². The molecule has 0 spiro atoms. The summed E-state index contributed by atoms with van der Waals surface area (Å²) in [6.07, 6.45) is 0.00754. The lowest BCUT2D eigenvalue weighted by Gasteiger charge is -2.07. The molecule has 2 heterocycles. The lowest BCUT2D eigenvalue weighted by atomic mass is 10.2. The van der Waals surface area contributed by atoms with Crippen molar-refractivity contribution in [1.82, 2.24) is 14.8 Å². The molecule has 7 heteroatoms. The maximum Gasteiger partial charge on any atom is 0.433 e. The van der Waals surface area contributed by atoms with Crippen molar-refractivity contribution in [2.75, 3.05) is 0 Å². The highest BCUT2D eigenvalue weighted by molar-refractivity contribution is 5.19. The molecule has 0 saturated heterocycles. The number of rotatable bonds is 3. The number of hydrogen-bond donors (Lipinski definition) is 1. The second-order valence-corrected chi connectivity index (χ2v) is 3.80. The fourth-order valence-electron chi connectivity index (χ4n) is 1.51. The zero-order chi connectivity index (χ0) is 13.2. The zero-order valence-electron chi connectivity index (χ0n) is 9.35. The van der Waals surface area contributed by atoms with E-state index in [9.17, 15) is 13.2 Å². The number of halogens is 3. The van der Waals surface area contributed by atoms with E-state index < -0.39 is 11.9 Å². The highest BCUT2D eigenvalue weighted by Crippen LogP contribution is 2.27. The molecule has 0 aliphatic rings. The van der Waals surface area contributed by atoms with Gasteiger partial charge >= 0.3 is 6.18 Å². The molecule has 18 heavy (non-hydrogen) atoms. The first-order valence-corrected chi connectivity index (χ1v) is 5.22. The molecule has 4 nitrogen and oxygen atoms in total. The van der Waals surface area contributed by atoms with Crippen LogP contribution in [0.1, 0.15) is 16.8 Å². The van der Waals surface area contributed by atoms with E-state index in [-0.39, 0.29) is 6.54 Å². The number of alkyl halides is 3. The summed E-state index contributed by atoms with van der Waals surface area (Å²) in [5.74, 6) is 0. The molecule has 0 saturated carbocycles. The molecule has 0 unspecified atom stereocenters. The molecule has 0 atom stereocenters. The predicted octanol–water partition coefficient (Wildman–Crippen LogP) is 1.80. The third-order valence-electron chi connectivity index (χ3n) is 2.38. The molecule has 2 N–H and O–H groups in total. The van der Waals surface area contributed by atoms with Crippen LogP contribution < -0.4 is 5.73 Å². The molecule has 0 fully saturated rings. The van der Waals surface area contributed by atoms with Gasteiger partial charge in [0, 0.05) is 24.5 Å². The highest BCUT2D eigenvalue weighted by atomic mass is 19.4. The summed E-state index contributed by atoms with van der Waals surface area (Å²) in [5, 5.41) is 4.01. The van der Waals surface area contributed by atoms with Crippen molar-refractivity contribution in [3.05, 3.63) is 47.5 Å². The van der Waals surface area contributed by atoms with Crippen LogP contribution >= 0.6 is 0 Å². The Morgan fingerprint density at radius 3 is 2.67 bits per heavy atom. The van der Waals surface area contributed by atoms with Gasteiger partial charge in [-0.3, -0.25) is 9.67 Å². The van der Waals surface area contributed by atoms with E-state index in [1.165, 1.54) is 10.7 Å². The summed E-state index contributed by atoms with van der Waals surface area (Å²) in [7, 11) is 0. The number of nitrogens with zero attached hydrogens (tertiary/aromatic N) is 3. The Morgan fingerprint density at radius 2 is 2.06 bits per heavy atom. The molecule has 0 aromatic carbocycles. The molecule has 96 valence electrons. The average Bonchev–Trinajstić information content (AvgIpc) is 2.76. The van der Waals surface area contributed by atoms with E-state index in [1.54, 1.807) is 12.4 Å². The third-order valence-corrected chi connectivity index (χ3v) is 2.38. The number of pyridine rings is 1. The first-order chi connectivity index (χ1) is 8.49. The van der Waals surface area contributed by atoms with Crippen molar-refractivity contribution in [1.29, 1.82) is 0 Å². The topological polar surface area (TPSA) is 56.7 Å². The molecule has 0 radical (unpaired) electrons. The average molecular weight is 256 g/mol. The SMILES string of the molecule is NCc1cnn(Cc2ccnc(C(F)(F)F)c2)c1.